The molecule has 0 aliphatic carbocycles. The van der Waals surface area contributed by atoms with E-state index in [1.54, 1.807) is 6.07 Å². The lowest BCUT2D eigenvalue weighted by atomic mass is 10.1. The topological polar surface area (TPSA) is 68.1 Å². The van der Waals surface area contributed by atoms with Crippen LogP contribution in [0.15, 0.2) is 12.1 Å². The van der Waals surface area contributed by atoms with Gasteiger partial charge in [0.15, 0.2) is 0 Å². The van der Waals surface area contributed by atoms with Gasteiger partial charge in [-0.15, -0.1) is 0 Å². The molecular weight excluding hydrogens is 206 g/mol. The maximum absolute atomic E-state index is 10.7. The van der Waals surface area contributed by atoms with Crippen LogP contribution in [0.4, 0.5) is 11.5 Å². The molecule has 0 amide bonds. The van der Waals surface area contributed by atoms with E-state index in [0.29, 0.717) is 18.3 Å². The Morgan fingerprint density at radius 2 is 2.19 bits per heavy atom. The fourth-order valence-corrected chi connectivity index (χ4v) is 1.47. The van der Waals surface area contributed by atoms with Crippen LogP contribution >= 0.6 is 0 Å². The summed E-state index contributed by atoms with van der Waals surface area (Å²) in [6, 6.07) is 3.01. The molecule has 1 heterocycles. The number of pyridine rings is 1. The molecule has 0 aliphatic rings. The van der Waals surface area contributed by atoms with Crippen molar-refractivity contribution in [1.29, 1.82) is 0 Å². The Labute approximate surface area is 95.0 Å². The molecule has 0 fully saturated rings. The van der Waals surface area contributed by atoms with E-state index in [0.717, 1.165) is 12.1 Å². The summed E-state index contributed by atoms with van der Waals surface area (Å²) in [5.74, 6) is 1.01. The molecule has 16 heavy (non-hydrogen) atoms. The van der Waals surface area contributed by atoms with E-state index in [1.165, 1.54) is 6.07 Å². The Balaban J connectivity index is 3.03. The van der Waals surface area contributed by atoms with Gasteiger partial charge in [0, 0.05) is 18.3 Å². The summed E-state index contributed by atoms with van der Waals surface area (Å²) >= 11 is 0. The van der Waals surface area contributed by atoms with Gasteiger partial charge in [-0.2, -0.15) is 0 Å². The van der Waals surface area contributed by atoms with Gasteiger partial charge in [-0.25, -0.2) is 4.98 Å². The Morgan fingerprint density at radius 1 is 1.50 bits per heavy atom. The number of hydrogen-bond acceptors (Lipinski definition) is 4. The summed E-state index contributed by atoms with van der Waals surface area (Å²) in [4.78, 5) is 14.7. The highest BCUT2D eigenvalue weighted by Crippen LogP contribution is 2.19. The molecule has 1 N–H and O–H groups in total. The third-order valence-corrected chi connectivity index (χ3v) is 2.05. The van der Waals surface area contributed by atoms with Gasteiger partial charge < -0.3 is 5.32 Å². The van der Waals surface area contributed by atoms with E-state index in [2.05, 4.69) is 24.1 Å². The van der Waals surface area contributed by atoms with Crippen molar-refractivity contribution >= 4 is 11.5 Å². The van der Waals surface area contributed by atoms with Gasteiger partial charge in [0.05, 0.1) is 11.0 Å². The molecule has 0 aliphatic heterocycles. The smallest absolute Gasteiger partial charge is 0.274 e. The fourth-order valence-electron chi connectivity index (χ4n) is 1.47. The van der Waals surface area contributed by atoms with E-state index in [9.17, 15) is 10.1 Å². The second kappa shape index (κ2) is 5.44. The number of nitro groups is 1. The Morgan fingerprint density at radius 3 is 2.69 bits per heavy atom. The van der Waals surface area contributed by atoms with Crippen LogP contribution in [0.2, 0.25) is 0 Å². The molecule has 0 bridgehead atoms. The lowest BCUT2D eigenvalue weighted by Crippen LogP contribution is -2.05. The zero-order chi connectivity index (χ0) is 12.1. The van der Waals surface area contributed by atoms with Gasteiger partial charge in [0.1, 0.15) is 5.82 Å². The van der Waals surface area contributed by atoms with Gasteiger partial charge >= 0.3 is 0 Å². The van der Waals surface area contributed by atoms with Gasteiger partial charge in [-0.05, 0) is 19.3 Å². The highest BCUT2D eigenvalue weighted by molar-refractivity contribution is 5.46. The van der Waals surface area contributed by atoms with E-state index < -0.39 is 0 Å². The minimum atomic E-state index is -0.383. The zero-order valence-corrected chi connectivity index (χ0v) is 9.86. The minimum absolute atomic E-state index is 0.0987. The maximum Gasteiger partial charge on any atom is 0.274 e. The molecule has 0 aromatic carbocycles. The number of nitrogens with zero attached hydrogens (tertiary/aromatic N) is 2. The number of aromatic nitrogens is 1. The average molecular weight is 223 g/mol. The monoisotopic (exact) mass is 223 g/mol. The molecule has 5 heteroatoms. The van der Waals surface area contributed by atoms with Crippen molar-refractivity contribution in [2.45, 2.75) is 27.2 Å². The summed E-state index contributed by atoms with van der Waals surface area (Å²) in [5.41, 5.74) is 0.863. The van der Waals surface area contributed by atoms with Crippen LogP contribution in [-0.4, -0.2) is 16.5 Å². The highest BCUT2D eigenvalue weighted by atomic mass is 16.6. The number of nitrogens with one attached hydrogen (secondary N) is 1. The fraction of sp³-hybridized carbons (Fsp3) is 0.545. The van der Waals surface area contributed by atoms with Crippen molar-refractivity contribution in [1.82, 2.24) is 4.98 Å². The molecule has 0 unspecified atom stereocenters. The van der Waals surface area contributed by atoms with Gasteiger partial charge in [-0.1, -0.05) is 13.8 Å². The Kier molecular flexibility index (Phi) is 4.22. The first-order valence-electron chi connectivity index (χ1n) is 5.42. The van der Waals surface area contributed by atoms with Crippen LogP contribution in [-0.2, 0) is 6.42 Å². The van der Waals surface area contributed by atoms with Crippen molar-refractivity contribution in [3.8, 4) is 0 Å². The highest BCUT2D eigenvalue weighted by Gasteiger charge is 2.11. The van der Waals surface area contributed by atoms with Crippen LogP contribution in [0.1, 0.15) is 26.5 Å². The summed E-state index contributed by atoms with van der Waals surface area (Å²) in [5, 5.41) is 13.7. The molecule has 5 nitrogen and oxygen atoms in total. The van der Waals surface area contributed by atoms with E-state index in [-0.39, 0.29) is 10.6 Å². The van der Waals surface area contributed by atoms with Crippen LogP contribution in [0.25, 0.3) is 0 Å². The predicted molar refractivity (Wildman–Crippen MR) is 63.6 cm³/mol. The second-order valence-corrected chi connectivity index (χ2v) is 4.09. The molecule has 88 valence electrons. The van der Waals surface area contributed by atoms with Crippen molar-refractivity contribution in [2.75, 3.05) is 11.9 Å². The molecule has 1 rings (SSSR count). The minimum Gasteiger partial charge on any atom is -0.370 e. The van der Waals surface area contributed by atoms with E-state index in [1.807, 2.05) is 6.92 Å². The number of anilines is 1. The largest absolute Gasteiger partial charge is 0.370 e. The van der Waals surface area contributed by atoms with Gasteiger partial charge in [0.25, 0.3) is 5.69 Å². The molecule has 0 radical (unpaired) electrons. The summed E-state index contributed by atoms with van der Waals surface area (Å²) < 4.78 is 0. The predicted octanol–water partition coefficient (Wildman–Crippen LogP) is 2.62. The van der Waals surface area contributed by atoms with Crippen molar-refractivity contribution in [3.63, 3.8) is 0 Å². The first-order chi connectivity index (χ1) is 7.52. The average Bonchev–Trinajstić information content (AvgIpc) is 2.16. The number of rotatable bonds is 5. The molecular formula is C11H17N3O2. The third kappa shape index (κ3) is 3.49. The standard InChI is InChI=1S/C11H17N3O2/c1-4-12-11-7-10(14(15)16)6-9(13-11)5-8(2)3/h6-8H,4-5H2,1-3H3,(H,12,13). The van der Waals surface area contributed by atoms with E-state index in [4.69, 9.17) is 0 Å². The summed E-state index contributed by atoms with van der Waals surface area (Å²) in [7, 11) is 0. The lowest BCUT2D eigenvalue weighted by molar-refractivity contribution is -0.384. The Bertz CT molecular complexity index is 377. The summed E-state index contributed by atoms with van der Waals surface area (Å²) in [6.45, 7) is 6.76. The normalized spacial score (nSPS) is 10.5. The molecule has 0 spiro atoms. The first-order valence-corrected chi connectivity index (χ1v) is 5.42. The van der Waals surface area contributed by atoms with Crippen LogP contribution < -0.4 is 5.32 Å². The lowest BCUT2D eigenvalue weighted by Gasteiger charge is -2.07. The van der Waals surface area contributed by atoms with Crippen LogP contribution in [0.5, 0.6) is 0 Å². The van der Waals surface area contributed by atoms with Gasteiger partial charge in [-0.3, -0.25) is 10.1 Å². The van der Waals surface area contributed by atoms with Crippen molar-refractivity contribution < 1.29 is 4.92 Å². The molecule has 1 aromatic rings. The van der Waals surface area contributed by atoms with Crippen molar-refractivity contribution in [2.24, 2.45) is 5.92 Å². The van der Waals surface area contributed by atoms with E-state index >= 15 is 0 Å². The summed E-state index contributed by atoms with van der Waals surface area (Å²) in [6.07, 6.45) is 0.750. The maximum atomic E-state index is 10.7. The molecule has 0 saturated heterocycles. The zero-order valence-electron chi connectivity index (χ0n) is 9.86. The van der Waals surface area contributed by atoms with Crippen LogP contribution in [0.3, 0.4) is 0 Å². The first kappa shape index (κ1) is 12.4. The SMILES string of the molecule is CCNc1cc([N+](=O)[O-])cc(CC(C)C)n1. The van der Waals surface area contributed by atoms with Crippen LogP contribution in [0, 0.1) is 16.0 Å². The molecule has 0 saturated carbocycles. The second-order valence-electron chi connectivity index (χ2n) is 4.09. The third-order valence-electron chi connectivity index (χ3n) is 2.05. The van der Waals surface area contributed by atoms with Gasteiger partial charge in [0.2, 0.25) is 0 Å². The quantitative estimate of drug-likeness (QED) is 0.615. The molecule has 0 atom stereocenters. The molecule has 1 aromatic heterocycles. The number of hydrogen-bond donors (Lipinski definition) is 1. The Hall–Kier alpha value is -1.65. The van der Waals surface area contributed by atoms with Crippen molar-refractivity contribution in [3.05, 3.63) is 27.9 Å².